The number of aryl methyl sites for hydroxylation is 2. The molecule has 0 saturated carbocycles. The monoisotopic (exact) mass is 248 g/mol. The summed E-state index contributed by atoms with van der Waals surface area (Å²) >= 11 is 0. The summed E-state index contributed by atoms with van der Waals surface area (Å²) in [6, 6.07) is 6.70. The van der Waals surface area contributed by atoms with Crippen LogP contribution in [0.15, 0.2) is 18.2 Å². The van der Waals surface area contributed by atoms with Gasteiger partial charge in [-0.3, -0.25) is 0 Å². The van der Waals surface area contributed by atoms with Crippen LogP contribution < -0.4 is 5.73 Å². The van der Waals surface area contributed by atoms with Crippen LogP contribution in [0, 0.1) is 13.8 Å². The van der Waals surface area contributed by atoms with Gasteiger partial charge in [0.2, 0.25) is 0 Å². The van der Waals surface area contributed by atoms with Crippen LogP contribution in [0.25, 0.3) is 0 Å². The summed E-state index contributed by atoms with van der Waals surface area (Å²) in [5.41, 5.74) is 10.1. The van der Waals surface area contributed by atoms with Crippen molar-refractivity contribution in [3.63, 3.8) is 0 Å². The molecule has 18 heavy (non-hydrogen) atoms. The molecule has 0 atom stereocenters. The van der Waals surface area contributed by atoms with Crippen LogP contribution in [0.3, 0.4) is 0 Å². The minimum Gasteiger partial charge on any atom is -0.330 e. The van der Waals surface area contributed by atoms with Gasteiger partial charge >= 0.3 is 0 Å². The Kier molecular flexibility index (Phi) is 5.36. The van der Waals surface area contributed by atoms with Crippen molar-refractivity contribution in [1.82, 2.24) is 4.90 Å². The Hall–Kier alpha value is -0.860. The highest BCUT2D eigenvalue weighted by molar-refractivity contribution is 5.30. The van der Waals surface area contributed by atoms with Crippen LogP contribution in [0.4, 0.5) is 0 Å². The summed E-state index contributed by atoms with van der Waals surface area (Å²) in [4.78, 5) is 2.42. The lowest BCUT2D eigenvalue weighted by Gasteiger charge is -2.35. The maximum atomic E-state index is 5.68. The van der Waals surface area contributed by atoms with E-state index >= 15 is 0 Å². The Balaban J connectivity index is 2.62. The largest absolute Gasteiger partial charge is 0.330 e. The van der Waals surface area contributed by atoms with Gasteiger partial charge in [-0.15, -0.1) is 0 Å². The molecule has 0 aromatic heterocycles. The van der Waals surface area contributed by atoms with E-state index in [1.165, 1.54) is 16.7 Å². The smallest absolute Gasteiger partial charge is 0.0162 e. The number of nitrogens with two attached hydrogens (primary N) is 1. The standard InChI is InChI=1S/C16H28N2/c1-13-6-7-14(2)15(12-13)8-11-18(5)16(3,4)9-10-17/h6-7,12H,8-11,17H2,1-5H3. The first-order valence-corrected chi connectivity index (χ1v) is 6.84. The number of hydrogen-bond donors (Lipinski definition) is 1. The van der Waals surface area contributed by atoms with E-state index < -0.39 is 0 Å². The fourth-order valence-corrected chi connectivity index (χ4v) is 2.20. The van der Waals surface area contributed by atoms with E-state index in [1.54, 1.807) is 0 Å². The molecule has 0 radical (unpaired) electrons. The van der Waals surface area contributed by atoms with Crippen molar-refractivity contribution in [3.8, 4) is 0 Å². The van der Waals surface area contributed by atoms with E-state index in [9.17, 15) is 0 Å². The maximum Gasteiger partial charge on any atom is 0.0162 e. The molecule has 1 aromatic carbocycles. The summed E-state index contributed by atoms with van der Waals surface area (Å²) in [5, 5.41) is 0. The molecule has 0 spiro atoms. The zero-order chi connectivity index (χ0) is 13.8. The average molecular weight is 248 g/mol. The number of rotatable bonds is 6. The second-order valence-electron chi connectivity index (χ2n) is 5.95. The summed E-state index contributed by atoms with van der Waals surface area (Å²) < 4.78 is 0. The molecule has 102 valence electrons. The van der Waals surface area contributed by atoms with Crippen molar-refractivity contribution in [3.05, 3.63) is 34.9 Å². The number of benzene rings is 1. The minimum atomic E-state index is 0.187. The lowest BCUT2D eigenvalue weighted by molar-refractivity contribution is 0.150. The zero-order valence-electron chi connectivity index (χ0n) is 12.6. The Morgan fingerprint density at radius 2 is 1.89 bits per heavy atom. The molecule has 0 unspecified atom stereocenters. The van der Waals surface area contributed by atoms with E-state index in [-0.39, 0.29) is 5.54 Å². The lowest BCUT2D eigenvalue weighted by atomic mass is 9.97. The second-order valence-corrected chi connectivity index (χ2v) is 5.95. The highest BCUT2D eigenvalue weighted by Gasteiger charge is 2.22. The third kappa shape index (κ3) is 4.11. The van der Waals surface area contributed by atoms with E-state index in [4.69, 9.17) is 5.73 Å². The van der Waals surface area contributed by atoms with E-state index in [0.29, 0.717) is 0 Å². The molecular formula is C16H28N2. The van der Waals surface area contributed by atoms with Crippen molar-refractivity contribution in [2.45, 2.75) is 46.1 Å². The highest BCUT2D eigenvalue weighted by Crippen LogP contribution is 2.18. The fraction of sp³-hybridized carbons (Fsp3) is 0.625. The van der Waals surface area contributed by atoms with E-state index in [2.05, 4.69) is 57.8 Å². The Bertz CT molecular complexity index is 383. The molecule has 0 aliphatic heterocycles. The first-order valence-electron chi connectivity index (χ1n) is 6.84. The molecule has 0 fully saturated rings. The number of nitrogens with zero attached hydrogens (tertiary/aromatic N) is 1. The van der Waals surface area contributed by atoms with Crippen molar-refractivity contribution < 1.29 is 0 Å². The van der Waals surface area contributed by atoms with Gasteiger partial charge in [-0.1, -0.05) is 23.8 Å². The molecule has 0 heterocycles. The third-order valence-corrected chi connectivity index (χ3v) is 4.01. The zero-order valence-corrected chi connectivity index (χ0v) is 12.6. The Morgan fingerprint density at radius 3 is 2.50 bits per heavy atom. The molecule has 0 aliphatic rings. The molecule has 0 aliphatic carbocycles. The quantitative estimate of drug-likeness (QED) is 0.839. The highest BCUT2D eigenvalue weighted by atomic mass is 15.2. The van der Waals surface area contributed by atoms with Gasteiger partial charge in [0.15, 0.2) is 0 Å². The Labute approximate surface area is 112 Å². The van der Waals surface area contributed by atoms with Gasteiger partial charge in [0.25, 0.3) is 0 Å². The summed E-state index contributed by atoms with van der Waals surface area (Å²) in [5.74, 6) is 0. The average Bonchev–Trinajstić information content (AvgIpc) is 2.29. The SMILES string of the molecule is Cc1ccc(C)c(CCN(C)C(C)(C)CCN)c1. The lowest BCUT2D eigenvalue weighted by Crippen LogP contribution is -2.43. The molecule has 0 amide bonds. The minimum absolute atomic E-state index is 0.187. The Morgan fingerprint density at radius 1 is 1.22 bits per heavy atom. The molecule has 0 saturated heterocycles. The second kappa shape index (κ2) is 6.35. The first-order chi connectivity index (χ1) is 8.36. The van der Waals surface area contributed by atoms with Gasteiger partial charge in [-0.2, -0.15) is 0 Å². The fourth-order valence-electron chi connectivity index (χ4n) is 2.20. The van der Waals surface area contributed by atoms with Crippen molar-refractivity contribution in [2.24, 2.45) is 5.73 Å². The number of hydrogen-bond acceptors (Lipinski definition) is 2. The van der Waals surface area contributed by atoms with E-state index in [1.807, 2.05) is 0 Å². The predicted octanol–water partition coefficient (Wildman–Crippen LogP) is 2.91. The van der Waals surface area contributed by atoms with Gasteiger partial charge < -0.3 is 10.6 Å². The number of likely N-dealkylation sites (N-methyl/N-ethyl adjacent to an activating group) is 1. The van der Waals surface area contributed by atoms with Crippen LogP contribution in [0.5, 0.6) is 0 Å². The van der Waals surface area contributed by atoms with Crippen LogP contribution >= 0.6 is 0 Å². The molecule has 1 rings (SSSR count). The van der Waals surface area contributed by atoms with Crippen LogP contribution in [-0.4, -0.2) is 30.6 Å². The van der Waals surface area contributed by atoms with Crippen LogP contribution in [0.2, 0.25) is 0 Å². The van der Waals surface area contributed by atoms with Gasteiger partial charge in [-0.05, 0) is 65.3 Å². The van der Waals surface area contributed by atoms with Gasteiger partial charge in [0.05, 0.1) is 0 Å². The first kappa shape index (κ1) is 15.2. The van der Waals surface area contributed by atoms with Gasteiger partial charge in [-0.25, -0.2) is 0 Å². The van der Waals surface area contributed by atoms with Crippen molar-refractivity contribution >= 4 is 0 Å². The molecule has 0 bridgehead atoms. The van der Waals surface area contributed by atoms with Gasteiger partial charge in [0, 0.05) is 12.1 Å². The van der Waals surface area contributed by atoms with Crippen molar-refractivity contribution in [2.75, 3.05) is 20.1 Å². The summed E-state index contributed by atoms with van der Waals surface area (Å²) in [6.07, 6.45) is 2.15. The molecule has 2 N–H and O–H groups in total. The predicted molar refractivity (Wildman–Crippen MR) is 80.0 cm³/mol. The third-order valence-electron chi connectivity index (χ3n) is 4.01. The molecule has 2 nitrogen and oxygen atoms in total. The van der Waals surface area contributed by atoms with Crippen LogP contribution in [0.1, 0.15) is 37.0 Å². The summed E-state index contributed by atoms with van der Waals surface area (Å²) in [7, 11) is 2.20. The molecular weight excluding hydrogens is 220 g/mol. The summed E-state index contributed by atoms with van der Waals surface area (Å²) in [6.45, 7) is 10.7. The normalized spacial score (nSPS) is 12.2. The topological polar surface area (TPSA) is 29.3 Å². The molecule has 2 heteroatoms. The maximum absolute atomic E-state index is 5.68. The van der Waals surface area contributed by atoms with Crippen LogP contribution in [-0.2, 0) is 6.42 Å². The van der Waals surface area contributed by atoms with Crippen molar-refractivity contribution in [1.29, 1.82) is 0 Å². The van der Waals surface area contributed by atoms with Gasteiger partial charge in [0.1, 0.15) is 0 Å². The van der Waals surface area contributed by atoms with E-state index in [0.717, 1.165) is 25.9 Å². The molecule has 1 aromatic rings.